The molecule has 1 amide bonds. The molecule has 8 rings (SSSR count). The van der Waals surface area contributed by atoms with Gasteiger partial charge in [-0.3, -0.25) is 0 Å². The molecular formula is C48H54N10O9S2. The van der Waals surface area contributed by atoms with Gasteiger partial charge < -0.3 is 34.6 Å². The molecule has 1 aliphatic rings. The summed E-state index contributed by atoms with van der Waals surface area (Å²) in [5.74, 6) is 1.80. The molecule has 3 N–H and O–H groups in total. The summed E-state index contributed by atoms with van der Waals surface area (Å²) in [7, 11) is -3.73. The molecule has 0 spiro atoms. The number of fused-ring (bicyclic) bond motifs is 1. The quantitative estimate of drug-likeness (QED) is 0.105. The molecule has 2 aromatic heterocycles. The van der Waals surface area contributed by atoms with Gasteiger partial charge in [-0.05, 0) is 108 Å². The molecule has 3 heterocycles. The van der Waals surface area contributed by atoms with Gasteiger partial charge in [0.1, 0.15) is 32.6 Å². The molecule has 19 nitrogen and oxygen atoms in total. The number of ether oxygens (including phenoxy) is 4. The van der Waals surface area contributed by atoms with E-state index < -0.39 is 47.6 Å². The van der Waals surface area contributed by atoms with Crippen LogP contribution < -0.4 is 19.9 Å². The van der Waals surface area contributed by atoms with Crippen LogP contribution in [-0.2, 0) is 44.4 Å². The lowest BCUT2D eigenvalue weighted by Crippen LogP contribution is -2.42. The number of amides is 1. The summed E-state index contributed by atoms with van der Waals surface area (Å²) < 4.78 is 89.5. The van der Waals surface area contributed by atoms with Crippen LogP contribution in [0.3, 0.4) is 0 Å². The van der Waals surface area contributed by atoms with Crippen LogP contribution in [0.25, 0.3) is 33.5 Å². The van der Waals surface area contributed by atoms with Crippen molar-refractivity contribution >= 4 is 43.1 Å². The lowest BCUT2D eigenvalue weighted by Gasteiger charge is -2.29. The highest BCUT2D eigenvalue weighted by molar-refractivity contribution is 7.92. The Hall–Kier alpha value is -7.07. The van der Waals surface area contributed by atoms with E-state index in [1.807, 2.05) is 12.1 Å². The van der Waals surface area contributed by atoms with Crippen molar-refractivity contribution in [3.8, 4) is 39.8 Å². The van der Waals surface area contributed by atoms with Gasteiger partial charge in [0.05, 0.1) is 44.5 Å². The summed E-state index contributed by atoms with van der Waals surface area (Å²) in [6.07, 6.45) is -0.331. The fraction of sp³-hybridized carbons (Fsp3) is 0.312. The maximum absolute atomic E-state index is 16.4. The summed E-state index contributed by atoms with van der Waals surface area (Å²) in [6, 6.07) is 28.4. The Morgan fingerprint density at radius 3 is 1.93 bits per heavy atom. The molecule has 1 atom stereocenters. The zero-order valence-electron chi connectivity index (χ0n) is 39.3. The van der Waals surface area contributed by atoms with E-state index in [4.69, 9.17) is 24.7 Å². The average Bonchev–Trinajstić information content (AvgIpc) is 4.11. The van der Waals surface area contributed by atoms with E-state index in [1.54, 1.807) is 113 Å². The zero-order chi connectivity index (χ0) is 49.3. The molecule has 0 bridgehead atoms. The van der Waals surface area contributed by atoms with E-state index in [2.05, 4.69) is 25.5 Å². The summed E-state index contributed by atoms with van der Waals surface area (Å²) >= 11 is 0. The smallest absolute Gasteiger partial charge is 0.410 e. The van der Waals surface area contributed by atoms with Crippen LogP contribution in [0.15, 0.2) is 113 Å². The molecule has 69 heavy (non-hydrogen) atoms. The predicted molar refractivity (Wildman–Crippen MR) is 258 cm³/mol. The number of nitrogens with two attached hydrogens (primary N) is 1. The van der Waals surface area contributed by atoms with Crippen molar-refractivity contribution in [1.29, 1.82) is 0 Å². The number of tetrazole rings is 1. The minimum atomic E-state index is -4.97. The number of carbonyl (C=O) groups is 1. The molecule has 0 unspecified atom stereocenters. The van der Waals surface area contributed by atoms with Crippen LogP contribution in [0, 0.1) is 0 Å². The van der Waals surface area contributed by atoms with Crippen molar-refractivity contribution in [1.82, 2.24) is 43.7 Å². The second-order valence-corrected chi connectivity index (χ2v) is 21.3. The normalized spacial score (nSPS) is 14.4. The van der Waals surface area contributed by atoms with Gasteiger partial charge in [0.2, 0.25) is 20.0 Å². The van der Waals surface area contributed by atoms with Crippen LogP contribution in [0.5, 0.6) is 17.2 Å². The number of aromatic nitrogens is 6. The third kappa shape index (κ3) is 10.2. The van der Waals surface area contributed by atoms with Gasteiger partial charge in [-0.25, -0.2) is 31.3 Å². The first-order valence-electron chi connectivity index (χ1n) is 21.9. The summed E-state index contributed by atoms with van der Waals surface area (Å²) in [5, 5.41) is 12.9. The molecule has 7 aromatic rings. The Kier molecular flexibility index (Phi) is 13.7. The van der Waals surface area contributed by atoms with E-state index in [1.165, 1.54) is 41.2 Å². The van der Waals surface area contributed by atoms with E-state index >= 15 is 16.8 Å². The maximum Gasteiger partial charge on any atom is 0.410 e. The third-order valence-corrected chi connectivity index (χ3v) is 15.8. The fourth-order valence-electron chi connectivity index (χ4n) is 8.24. The Bertz CT molecular complexity index is 3140. The van der Waals surface area contributed by atoms with Gasteiger partial charge in [0.25, 0.3) is 0 Å². The van der Waals surface area contributed by atoms with Crippen LogP contribution in [0.2, 0.25) is 0 Å². The molecule has 5 aromatic carbocycles. The van der Waals surface area contributed by atoms with Gasteiger partial charge >= 0.3 is 6.09 Å². The number of benzene rings is 5. The highest BCUT2D eigenvalue weighted by Gasteiger charge is 2.43. The van der Waals surface area contributed by atoms with Crippen LogP contribution in [0.4, 0.5) is 10.7 Å². The molecule has 0 aliphatic carbocycles. The number of anilines is 1. The van der Waals surface area contributed by atoms with Gasteiger partial charge in [-0.1, -0.05) is 54.6 Å². The number of nitrogens with one attached hydrogen (secondary N) is 1. The van der Waals surface area contributed by atoms with Gasteiger partial charge in [0, 0.05) is 44.8 Å². The monoisotopic (exact) mass is 978 g/mol. The molecular weight excluding hydrogens is 925 g/mol. The number of imidazole rings is 1. The Morgan fingerprint density at radius 1 is 0.783 bits per heavy atom. The first kappa shape index (κ1) is 48.4. The summed E-state index contributed by atoms with van der Waals surface area (Å²) in [6.45, 7) is 5.11. The number of methoxy groups -OCH3 is 3. The minimum Gasteiger partial charge on any atom is -0.497 e. The number of hydrogen-bond acceptors (Lipinski definition) is 14. The number of likely N-dealkylation sites (N-methyl/N-ethyl adjacent to an activating group) is 1. The van der Waals surface area contributed by atoms with Crippen molar-refractivity contribution in [3.05, 3.63) is 120 Å². The fourth-order valence-corrected chi connectivity index (χ4v) is 12.0. The van der Waals surface area contributed by atoms with E-state index in [0.717, 1.165) is 9.87 Å². The van der Waals surface area contributed by atoms with E-state index in [0.29, 0.717) is 45.0 Å². The largest absolute Gasteiger partial charge is 0.497 e. The number of H-pyrrole nitrogens is 1. The molecule has 0 radical (unpaired) electrons. The van der Waals surface area contributed by atoms with Crippen molar-refractivity contribution in [2.45, 2.75) is 68.3 Å². The number of carbonyl (C=O) groups excluding carboxylic acids is 1. The van der Waals surface area contributed by atoms with Gasteiger partial charge in [0.15, 0.2) is 11.8 Å². The van der Waals surface area contributed by atoms with Crippen molar-refractivity contribution < 1.29 is 40.6 Å². The first-order valence-corrected chi connectivity index (χ1v) is 24.8. The number of para-hydroxylation sites is 1. The van der Waals surface area contributed by atoms with Crippen LogP contribution >= 0.6 is 0 Å². The van der Waals surface area contributed by atoms with Crippen molar-refractivity contribution in [2.24, 2.45) is 0 Å². The molecule has 362 valence electrons. The number of likely N-dealkylation sites (tertiary alicyclic amines) is 1. The first-order chi connectivity index (χ1) is 32.9. The van der Waals surface area contributed by atoms with Gasteiger partial charge in [-0.15, -0.1) is 5.10 Å². The Morgan fingerprint density at radius 2 is 1.36 bits per heavy atom. The second-order valence-electron chi connectivity index (χ2n) is 17.5. The third-order valence-electron chi connectivity index (χ3n) is 11.8. The highest BCUT2D eigenvalue weighted by atomic mass is 32.2. The highest BCUT2D eigenvalue weighted by Crippen LogP contribution is 2.44. The Balaban J connectivity index is 1.39. The lowest BCUT2D eigenvalue weighted by atomic mass is 9.97. The molecule has 1 saturated heterocycles. The van der Waals surface area contributed by atoms with E-state index in [-0.39, 0.29) is 62.0 Å². The second kappa shape index (κ2) is 19.5. The SMILES string of the molecule is COc1ccc(CN(Cc2ccc(OC)cc2)S(=O)(=O)c2c(S(=O)(=O)N(C)[C@H]3CCN(C(=O)OC(C)(C)C)C3)ccc(-c3cccc4nc(N)[nH]c34)c2-c2nnnn2Cc2ccc(OC)cc2)cc1. The van der Waals surface area contributed by atoms with Crippen LogP contribution in [0.1, 0.15) is 43.9 Å². The number of hydrogen-bond donors (Lipinski definition) is 2. The Labute approximate surface area is 400 Å². The van der Waals surface area contributed by atoms with Crippen molar-refractivity contribution in [3.63, 3.8) is 0 Å². The van der Waals surface area contributed by atoms with Crippen LogP contribution in [-0.4, -0.2) is 120 Å². The average molecular weight is 979 g/mol. The topological polar surface area (TPSA) is 230 Å². The number of nitrogen functional groups attached to an aromatic ring is 1. The number of aromatic amines is 1. The van der Waals surface area contributed by atoms with Crippen molar-refractivity contribution in [2.75, 3.05) is 47.2 Å². The molecule has 21 heteroatoms. The zero-order valence-corrected chi connectivity index (χ0v) is 40.9. The molecule has 0 saturated carbocycles. The minimum absolute atomic E-state index is 0.00207. The lowest BCUT2D eigenvalue weighted by molar-refractivity contribution is 0.0287. The standard InChI is InChI=1S/C48H54N10O9S2/c1-48(2,3)67-47(59)56-26-25-34(30-56)55(4)68(60,61)41-24-23-38(39-9-8-10-40-43(39)51-46(49)50-40)42(45-52-53-54-58(45)29-33-15-21-37(66-7)22-16-33)44(41)69(62,63)57(27-31-11-17-35(64-5)18-12-31)28-32-13-19-36(65-6)20-14-32/h8-24,34H,25-30H2,1-7H3,(H3,49,50,51)/t34-/m0/s1. The number of rotatable bonds is 16. The predicted octanol–water partition coefficient (Wildman–Crippen LogP) is 6.56. The molecule has 1 fully saturated rings. The summed E-state index contributed by atoms with van der Waals surface area (Å²) in [5.41, 5.74) is 8.88. The maximum atomic E-state index is 16.4. The van der Waals surface area contributed by atoms with E-state index in [9.17, 15) is 4.79 Å². The van der Waals surface area contributed by atoms with Gasteiger partial charge in [-0.2, -0.15) is 8.61 Å². The molecule has 1 aliphatic heterocycles. The number of nitrogens with zero attached hydrogens (tertiary/aromatic N) is 8. The number of sulfonamides is 2. The summed E-state index contributed by atoms with van der Waals surface area (Å²) in [4.78, 5) is 21.1.